The third kappa shape index (κ3) is 5.89. The molecule has 150 valence electrons. The number of hydrogen-bond acceptors (Lipinski definition) is 5. The maximum Gasteiger partial charge on any atom is 0.347 e. The van der Waals surface area contributed by atoms with Crippen LogP contribution >= 0.6 is 11.6 Å². The van der Waals surface area contributed by atoms with Crippen molar-refractivity contribution in [3.63, 3.8) is 0 Å². The summed E-state index contributed by atoms with van der Waals surface area (Å²) in [6.07, 6.45) is -0.159. The number of hydrogen-bond donors (Lipinski definition) is 1. The Bertz CT molecular complexity index is 822. The van der Waals surface area contributed by atoms with Gasteiger partial charge < -0.3 is 19.5 Å². The molecular formula is C21H24ClNO5. The molecular weight excluding hydrogens is 382 g/mol. The van der Waals surface area contributed by atoms with Crippen LogP contribution in [0, 0.1) is 0 Å². The molecule has 0 saturated carbocycles. The average Bonchev–Trinajstić information content (AvgIpc) is 2.68. The van der Waals surface area contributed by atoms with Crippen LogP contribution in [0.25, 0.3) is 0 Å². The standard InChI is InChI=1S/C21H24ClNO5/c1-5-13(2)27-21(25)14(3)28-17-9-6-15(7-10-17)20(24)23-16-8-11-19(26-4)18(22)12-16/h6-14H,5H2,1-4H3,(H,23,24)/t13-,14-/m1/s1. The maximum atomic E-state index is 12.4. The molecule has 0 radical (unpaired) electrons. The predicted octanol–water partition coefficient (Wildman–Crippen LogP) is 4.71. The molecule has 1 amide bonds. The number of esters is 1. The lowest BCUT2D eigenvalue weighted by molar-refractivity contribution is -0.155. The van der Waals surface area contributed by atoms with E-state index in [9.17, 15) is 9.59 Å². The highest BCUT2D eigenvalue weighted by Crippen LogP contribution is 2.27. The first-order valence-corrected chi connectivity index (χ1v) is 9.34. The monoisotopic (exact) mass is 405 g/mol. The topological polar surface area (TPSA) is 73.9 Å². The number of halogens is 1. The van der Waals surface area contributed by atoms with Gasteiger partial charge in [0.15, 0.2) is 6.10 Å². The fourth-order valence-corrected chi connectivity index (χ4v) is 2.52. The van der Waals surface area contributed by atoms with E-state index in [-0.39, 0.29) is 12.0 Å². The van der Waals surface area contributed by atoms with Crippen molar-refractivity contribution < 1.29 is 23.8 Å². The van der Waals surface area contributed by atoms with Gasteiger partial charge in [-0.15, -0.1) is 0 Å². The van der Waals surface area contributed by atoms with Crippen LogP contribution in [0.5, 0.6) is 11.5 Å². The van der Waals surface area contributed by atoms with Gasteiger partial charge in [-0.25, -0.2) is 4.79 Å². The van der Waals surface area contributed by atoms with Crippen molar-refractivity contribution in [2.24, 2.45) is 0 Å². The molecule has 0 heterocycles. The zero-order valence-electron chi connectivity index (χ0n) is 16.3. The van der Waals surface area contributed by atoms with Crippen LogP contribution in [0.3, 0.4) is 0 Å². The van der Waals surface area contributed by atoms with Gasteiger partial charge in [0.25, 0.3) is 5.91 Å². The largest absolute Gasteiger partial charge is 0.495 e. The normalized spacial score (nSPS) is 12.6. The molecule has 2 rings (SSSR count). The summed E-state index contributed by atoms with van der Waals surface area (Å²) in [6, 6.07) is 11.5. The summed E-state index contributed by atoms with van der Waals surface area (Å²) in [5, 5.41) is 3.17. The number of carbonyl (C=O) groups excluding carboxylic acids is 2. The SMILES string of the molecule is CC[C@@H](C)OC(=O)[C@@H](C)Oc1ccc(C(=O)Nc2ccc(OC)c(Cl)c2)cc1. The zero-order valence-corrected chi connectivity index (χ0v) is 17.1. The first-order chi connectivity index (χ1) is 13.3. The van der Waals surface area contributed by atoms with Crippen molar-refractivity contribution >= 4 is 29.2 Å². The van der Waals surface area contributed by atoms with Gasteiger partial charge in [-0.2, -0.15) is 0 Å². The summed E-state index contributed by atoms with van der Waals surface area (Å²) in [4.78, 5) is 24.3. The predicted molar refractivity (Wildman–Crippen MR) is 108 cm³/mol. The Hall–Kier alpha value is -2.73. The average molecular weight is 406 g/mol. The molecule has 0 unspecified atom stereocenters. The minimum Gasteiger partial charge on any atom is -0.495 e. The van der Waals surface area contributed by atoms with Crippen LogP contribution in [0.4, 0.5) is 5.69 Å². The van der Waals surface area contributed by atoms with E-state index < -0.39 is 12.1 Å². The number of rotatable bonds is 8. The number of methoxy groups -OCH3 is 1. The van der Waals surface area contributed by atoms with E-state index in [1.54, 1.807) is 49.4 Å². The zero-order chi connectivity index (χ0) is 20.7. The van der Waals surface area contributed by atoms with E-state index in [2.05, 4.69) is 5.32 Å². The summed E-state index contributed by atoms with van der Waals surface area (Å²) in [6.45, 7) is 5.39. The summed E-state index contributed by atoms with van der Waals surface area (Å²) in [7, 11) is 1.52. The molecule has 0 aliphatic carbocycles. The van der Waals surface area contributed by atoms with Crippen LogP contribution in [-0.4, -0.2) is 31.2 Å². The van der Waals surface area contributed by atoms with Gasteiger partial charge in [0.2, 0.25) is 0 Å². The molecule has 0 saturated heterocycles. The van der Waals surface area contributed by atoms with E-state index in [4.69, 9.17) is 25.8 Å². The molecule has 0 aliphatic heterocycles. The molecule has 0 spiro atoms. The molecule has 7 heteroatoms. The number of anilines is 1. The fraction of sp³-hybridized carbons (Fsp3) is 0.333. The molecule has 0 fully saturated rings. The van der Waals surface area contributed by atoms with Gasteiger partial charge in [0, 0.05) is 11.3 Å². The molecule has 0 aromatic heterocycles. The maximum absolute atomic E-state index is 12.4. The third-order valence-electron chi connectivity index (χ3n) is 4.06. The van der Waals surface area contributed by atoms with Gasteiger partial charge in [0.1, 0.15) is 11.5 Å². The summed E-state index contributed by atoms with van der Waals surface area (Å²) in [5.41, 5.74) is 0.992. The Balaban J connectivity index is 1.97. The molecule has 6 nitrogen and oxygen atoms in total. The lowest BCUT2D eigenvalue weighted by Crippen LogP contribution is -2.29. The number of benzene rings is 2. The van der Waals surface area contributed by atoms with Crippen molar-refractivity contribution in [2.45, 2.75) is 39.4 Å². The van der Waals surface area contributed by atoms with E-state index >= 15 is 0 Å². The Morgan fingerprint density at radius 1 is 1.11 bits per heavy atom. The van der Waals surface area contributed by atoms with Gasteiger partial charge in [-0.1, -0.05) is 18.5 Å². The highest BCUT2D eigenvalue weighted by molar-refractivity contribution is 6.32. The molecule has 2 atom stereocenters. The van der Waals surface area contributed by atoms with Crippen LogP contribution in [-0.2, 0) is 9.53 Å². The van der Waals surface area contributed by atoms with Crippen molar-refractivity contribution in [3.8, 4) is 11.5 Å². The van der Waals surface area contributed by atoms with E-state index in [0.717, 1.165) is 6.42 Å². The van der Waals surface area contributed by atoms with Crippen molar-refractivity contribution in [2.75, 3.05) is 12.4 Å². The van der Waals surface area contributed by atoms with Gasteiger partial charge in [-0.3, -0.25) is 4.79 Å². The first kappa shape index (κ1) is 21.6. The second-order valence-corrected chi connectivity index (χ2v) is 6.65. The summed E-state index contributed by atoms with van der Waals surface area (Å²) < 4.78 is 15.9. The number of nitrogens with one attached hydrogen (secondary N) is 1. The molecule has 2 aromatic carbocycles. The fourth-order valence-electron chi connectivity index (χ4n) is 2.26. The highest BCUT2D eigenvalue weighted by atomic mass is 35.5. The van der Waals surface area contributed by atoms with Crippen LogP contribution in [0.2, 0.25) is 5.02 Å². The van der Waals surface area contributed by atoms with Crippen molar-refractivity contribution in [3.05, 3.63) is 53.1 Å². The van der Waals surface area contributed by atoms with Gasteiger partial charge in [-0.05, 0) is 62.7 Å². The lowest BCUT2D eigenvalue weighted by Gasteiger charge is -2.17. The highest BCUT2D eigenvalue weighted by Gasteiger charge is 2.18. The number of amides is 1. The van der Waals surface area contributed by atoms with Crippen molar-refractivity contribution in [1.29, 1.82) is 0 Å². The van der Waals surface area contributed by atoms with Gasteiger partial charge in [0.05, 0.1) is 18.2 Å². The Kier molecular flexibility index (Phi) is 7.70. The van der Waals surface area contributed by atoms with Crippen molar-refractivity contribution in [1.82, 2.24) is 0 Å². The Morgan fingerprint density at radius 2 is 1.79 bits per heavy atom. The van der Waals surface area contributed by atoms with E-state index in [0.29, 0.717) is 27.8 Å². The van der Waals surface area contributed by atoms with Crippen LogP contribution < -0.4 is 14.8 Å². The molecule has 28 heavy (non-hydrogen) atoms. The van der Waals surface area contributed by atoms with E-state index in [1.807, 2.05) is 13.8 Å². The number of ether oxygens (including phenoxy) is 3. The molecule has 0 bridgehead atoms. The van der Waals surface area contributed by atoms with Crippen LogP contribution in [0.1, 0.15) is 37.6 Å². The third-order valence-corrected chi connectivity index (χ3v) is 4.36. The lowest BCUT2D eigenvalue weighted by atomic mass is 10.2. The van der Waals surface area contributed by atoms with E-state index in [1.165, 1.54) is 7.11 Å². The van der Waals surface area contributed by atoms with Crippen LogP contribution in [0.15, 0.2) is 42.5 Å². The molecule has 2 aromatic rings. The second kappa shape index (κ2) is 9.99. The number of carbonyl (C=O) groups is 2. The second-order valence-electron chi connectivity index (χ2n) is 6.24. The minimum atomic E-state index is -0.741. The smallest absolute Gasteiger partial charge is 0.347 e. The summed E-state index contributed by atoms with van der Waals surface area (Å²) in [5.74, 6) is 0.282. The molecule has 0 aliphatic rings. The quantitative estimate of drug-likeness (QED) is 0.644. The van der Waals surface area contributed by atoms with Gasteiger partial charge >= 0.3 is 5.97 Å². The molecule has 1 N–H and O–H groups in total. The summed E-state index contributed by atoms with van der Waals surface area (Å²) >= 11 is 6.06. The minimum absolute atomic E-state index is 0.156. The Morgan fingerprint density at radius 3 is 2.36 bits per heavy atom. The first-order valence-electron chi connectivity index (χ1n) is 8.96. The Labute approximate surface area is 169 Å².